The average Bonchev–Trinajstić information content (AvgIpc) is 2.62. The fraction of sp³-hybridized carbons (Fsp3) is 0.286. The number of nitro groups is 1. The molecule has 2 rings (SSSR count). The van der Waals surface area contributed by atoms with Crippen LogP contribution in [0.1, 0.15) is 37.9 Å². The molecule has 27 heavy (non-hydrogen) atoms. The first-order valence-electron chi connectivity index (χ1n) is 8.59. The highest BCUT2D eigenvalue weighted by Gasteiger charge is 2.51. The fourth-order valence-corrected chi connectivity index (χ4v) is 2.91. The van der Waals surface area contributed by atoms with Gasteiger partial charge in [-0.05, 0) is 32.4 Å². The van der Waals surface area contributed by atoms with Crippen molar-refractivity contribution in [2.75, 3.05) is 0 Å². The van der Waals surface area contributed by atoms with Crippen LogP contribution in [0.15, 0.2) is 73.3 Å². The number of nitrogens with zero attached hydrogens (tertiary/aromatic N) is 1. The quantitative estimate of drug-likeness (QED) is 0.458. The number of ether oxygens (including phenoxy) is 1. The molecule has 0 radical (unpaired) electrons. The summed E-state index contributed by atoms with van der Waals surface area (Å²) in [7, 11) is 0. The number of carbonyl (C=O) groups is 1. The molecule has 1 amide bonds. The van der Waals surface area contributed by atoms with E-state index in [0.717, 1.165) is 0 Å². The monoisotopic (exact) mass is 368 g/mol. The maximum absolute atomic E-state index is 12.5. The second-order valence-electron chi connectivity index (χ2n) is 7.14. The van der Waals surface area contributed by atoms with Gasteiger partial charge in [0.15, 0.2) is 0 Å². The Kier molecular flexibility index (Phi) is 6.00. The van der Waals surface area contributed by atoms with E-state index in [1.54, 1.807) is 81.4 Å². The molecule has 0 unspecified atom stereocenters. The van der Waals surface area contributed by atoms with Crippen LogP contribution in [0.5, 0.6) is 0 Å². The third-order valence-electron chi connectivity index (χ3n) is 4.08. The van der Waals surface area contributed by atoms with Crippen LogP contribution in [0.2, 0.25) is 0 Å². The molecule has 2 aromatic carbocycles. The Balaban J connectivity index is 2.60. The molecule has 0 aromatic heterocycles. The topological polar surface area (TPSA) is 81.5 Å². The Morgan fingerprint density at radius 2 is 1.63 bits per heavy atom. The molecule has 0 aliphatic rings. The Hall–Kier alpha value is -3.15. The van der Waals surface area contributed by atoms with E-state index in [4.69, 9.17) is 4.74 Å². The van der Waals surface area contributed by atoms with Gasteiger partial charge in [0.25, 0.3) is 5.54 Å². The van der Waals surface area contributed by atoms with E-state index < -0.39 is 28.2 Å². The highest BCUT2D eigenvalue weighted by molar-refractivity contribution is 5.69. The zero-order chi connectivity index (χ0) is 20.1. The van der Waals surface area contributed by atoms with Crippen molar-refractivity contribution in [1.82, 2.24) is 5.32 Å². The Bertz CT molecular complexity index is 800. The van der Waals surface area contributed by atoms with E-state index in [-0.39, 0.29) is 0 Å². The van der Waals surface area contributed by atoms with Gasteiger partial charge < -0.3 is 10.1 Å². The SMILES string of the molecule is C=C[C@](c1ccccc1)([C@@H](NC(=O)OC(C)(C)C)c1ccccc1)[N+](=O)[O-]. The predicted molar refractivity (Wildman–Crippen MR) is 104 cm³/mol. The van der Waals surface area contributed by atoms with Crippen molar-refractivity contribution in [1.29, 1.82) is 0 Å². The minimum Gasteiger partial charge on any atom is -0.444 e. The zero-order valence-electron chi connectivity index (χ0n) is 15.7. The molecule has 142 valence electrons. The number of amides is 1. The highest BCUT2D eigenvalue weighted by atomic mass is 16.6. The normalized spacial score (nSPS) is 14.5. The van der Waals surface area contributed by atoms with Crippen molar-refractivity contribution in [3.05, 3.63) is 94.6 Å². The molecule has 0 saturated carbocycles. The van der Waals surface area contributed by atoms with Gasteiger partial charge in [0.05, 0.1) is 0 Å². The van der Waals surface area contributed by atoms with Gasteiger partial charge >= 0.3 is 6.09 Å². The molecule has 6 nitrogen and oxygen atoms in total. The highest BCUT2D eigenvalue weighted by Crippen LogP contribution is 2.39. The van der Waals surface area contributed by atoms with Gasteiger partial charge in [-0.2, -0.15) is 0 Å². The van der Waals surface area contributed by atoms with E-state index >= 15 is 0 Å². The second-order valence-corrected chi connectivity index (χ2v) is 7.14. The summed E-state index contributed by atoms with van der Waals surface area (Å²) in [5.41, 5.74) is -1.51. The maximum Gasteiger partial charge on any atom is 0.408 e. The molecule has 2 atom stereocenters. The van der Waals surface area contributed by atoms with Crippen LogP contribution in [-0.4, -0.2) is 16.6 Å². The number of carbonyl (C=O) groups excluding carboxylic acids is 1. The summed E-state index contributed by atoms with van der Waals surface area (Å²) in [6, 6.07) is 16.3. The first kappa shape index (κ1) is 20.2. The lowest BCUT2D eigenvalue weighted by Gasteiger charge is -2.32. The second kappa shape index (κ2) is 8.03. The molecule has 0 saturated heterocycles. The van der Waals surface area contributed by atoms with Crippen molar-refractivity contribution in [3.8, 4) is 0 Å². The van der Waals surface area contributed by atoms with Crippen LogP contribution in [0.4, 0.5) is 4.79 Å². The van der Waals surface area contributed by atoms with Gasteiger partial charge in [0.2, 0.25) is 0 Å². The van der Waals surface area contributed by atoms with Crippen LogP contribution in [-0.2, 0) is 10.3 Å². The Labute approximate surface area is 159 Å². The summed E-state index contributed by atoms with van der Waals surface area (Å²) >= 11 is 0. The van der Waals surface area contributed by atoms with Crippen molar-refractivity contribution < 1.29 is 14.5 Å². The molecule has 0 fully saturated rings. The summed E-state index contributed by atoms with van der Waals surface area (Å²) in [6.07, 6.45) is 0.525. The van der Waals surface area contributed by atoms with Gasteiger partial charge in [-0.3, -0.25) is 10.1 Å². The molecule has 0 heterocycles. The predicted octanol–water partition coefficient (Wildman–Crippen LogP) is 4.61. The number of alkyl carbamates (subject to hydrolysis) is 1. The van der Waals surface area contributed by atoms with Gasteiger partial charge in [0.1, 0.15) is 11.6 Å². The summed E-state index contributed by atoms with van der Waals surface area (Å²) in [6.45, 7) is 8.92. The largest absolute Gasteiger partial charge is 0.444 e. The maximum atomic E-state index is 12.5. The lowest BCUT2D eigenvalue weighted by Crippen LogP contribution is -2.49. The number of nitrogens with one attached hydrogen (secondary N) is 1. The minimum atomic E-state index is -1.76. The van der Waals surface area contributed by atoms with Gasteiger partial charge in [-0.25, -0.2) is 4.79 Å². The van der Waals surface area contributed by atoms with Gasteiger partial charge in [-0.15, -0.1) is 0 Å². The first-order chi connectivity index (χ1) is 12.7. The summed E-state index contributed by atoms with van der Waals surface area (Å²) in [4.78, 5) is 24.3. The molecule has 1 N–H and O–H groups in total. The first-order valence-corrected chi connectivity index (χ1v) is 8.59. The zero-order valence-corrected chi connectivity index (χ0v) is 15.7. The van der Waals surface area contributed by atoms with Crippen LogP contribution < -0.4 is 5.32 Å². The molecule has 0 aliphatic carbocycles. The smallest absolute Gasteiger partial charge is 0.408 e. The van der Waals surface area contributed by atoms with E-state index in [2.05, 4.69) is 11.9 Å². The lowest BCUT2D eigenvalue weighted by atomic mass is 9.80. The Morgan fingerprint density at radius 3 is 2.07 bits per heavy atom. The summed E-state index contributed by atoms with van der Waals surface area (Å²) in [5, 5.41) is 15.0. The van der Waals surface area contributed by atoms with Gasteiger partial charge in [-0.1, -0.05) is 67.2 Å². The molecule has 6 heteroatoms. The van der Waals surface area contributed by atoms with E-state index in [1.807, 2.05) is 0 Å². The third kappa shape index (κ3) is 4.53. The number of rotatable bonds is 6. The van der Waals surface area contributed by atoms with Crippen LogP contribution in [0, 0.1) is 10.1 Å². The van der Waals surface area contributed by atoms with Crippen molar-refractivity contribution in [2.24, 2.45) is 0 Å². The molecule has 0 aliphatic heterocycles. The van der Waals surface area contributed by atoms with Crippen molar-refractivity contribution in [3.63, 3.8) is 0 Å². The number of hydrogen-bond donors (Lipinski definition) is 1. The molecule has 0 bridgehead atoms. The van der Waals surface area contributed by atoms with Crippen LogP contribution >= 0.6 is 0 Å². The summed E-state index contributed by atoms with van der Waals surface area (Å²) < 4.78 is 5.34. The van der Waals surface area contributed by atoms with Crippen LogP contribution in [0.3, 0.4) is 0 Å². The lowest BCUT2D eigenvalue weighted by molar-refractivity contribution is -0.570. The molecule has 2 aromatic rings. The molecular formula is C21H24N2O4. The molecular weight excluding hydrogens is 344 g/mol. The van der Waals surface area contributed by atoms with Gasteiger partial charge in [0, 0.05) is 10.5 Å². The Morgan fingerprint density at radius 1 is 1.11 bits per heavy atom. The van der Waals surface area contributed by atoms with Crippen molar-refractivity contribution >= 4 is 6.09 Å². The van der Waals surface area contributed by atoms with E-state index in [9.17, 15) is 14.9 Å². The van der Waals surface area contributed by atoms with E-state index in [1.165, 1.54) is 6.08 Å². The third-order valence-corrected chi connectivity index (χ3v) is 4.08. The van der Waals surface area contributed by atoms with Crippen LogP contribution in [0.25, 0.3) is 0 Å². The fourth-order valence-electron chi connectivity index (χ4n) is 2.91. The van der Waals surface area contributed by atoms with E-state index in [0.29, 0.717) is 11.1 Å². The standard InChI is InChI=1S/C21H24N2O4/c1-5-21(23(25)26,17-14-10-7-11-15-17)18(16-12-8-6-9-13-16)22-19(24)27-20(2,3)4/h5-15,18H,1H2,2-4H3,(H,22,24)/t18-,21-/m0/s1. The average molecular weight is 368 g/mol. The minimum absolute atomic E-state index is 0.412. The number of benzene rings is 2. The molecule has 0 spiro atoms. The van der Waals surface area contributed by atoms with Crippen molar-refractivity contribution in [2.45, 2.75) is 38.0 Å². The summed E-state index contributed by atoms with van der Waals surface area (Å²) in [5.74, 6) is 0. The number of hydrogen-bond acceptors (Lipinski definition) is 4.